The third kappa shape index (κ3) is 4.22. The Morgan fingerprint density at radius 1 is 1.06 bits per heavy atom. The van der Waals surface area contributed by atoms with Crippen molar-refractivity contribution in [1.82, 2.24) is 9.91 Å². The maximum absolute atomic E-state index is 13.5. The molecule has 0 bridgehead atoms. The van der Waals surface area contributed by atoms with E-state index in [2.05, 4.69) is 49.1 Å². The van der Waals surface area contributed by atoms with Gasteiger partial charge in [0.2, 0.25) is 0 Å². The number of ether oxygens (including phenoxy) is 2. The maximum Gasteiger partial charge on any atom is 0.257 e. The average Bonchev–Trinajstić information content (AvgIpc) is 3.46. The van der Waals surface area contributed by atoms with Gasteiger partial charge in [0, 0.05) is 32.4 Å². The van der Waals surface area contributed by atoms with Crippen LogP contribution in [0.2, 0.25) is 0 Å². The number of piperidine rings is 1. The fourth-order valence-corrected chi connectivity index (χ4v) is 5.01. The molecule has 6 heteroatoms. The maximum atomic E-state index is 13.5. The topological polar surface area (TPSA) is 54.4 Å². The Balaban J connectivity index is 1.36. The minimum absolute atomic E-state index is 0.0473. The molecule has 3 aliphatic heterocycles. The van der Waals surface area contributed by atoms with Crippen molar-refractivity contribution in [2.75, 3.05) is 32.8 Å². The molecule has 0 N–H and O–H groups in total. The first-order valence-corrected chi connectivity index (χ1v) is 11.6. The van der Waals surface area contributed by atoms with Crippen molar-refractivity contribution in [2.45, 2.75) is 44.9 Å². The van der Waals surface area contributed by atoms with Crippen LogP contribution >= 0.6 is 0 Å². The number of aryl methyl sites for hydroxylation is 2. The number of carbonyl (C=O) groups excluding carboxylic acids is 1. The standard InChI is InChI=1S/C26H31N3O3/c1-19-8-9-20(2)22(16-19)24-17-23(21-6-4-3-5-7-21)27-29(24)25(30)18-28-12-10-26(11-13-28)31-14-15-32-26/h3-9,16,24H,10-15,17-18H2,1-2H3/t24-/m1/s1. The van der Waals surface area contributed by atoms with Crippen molar-refractivity contribution in [1.29, 1.82) is 0 Å². The zero-order chi connectivity index (χ0) is 22.1. The number of carbonyl (C=O) groups is 1. The Morgan fingerprint density at radius 3 is 2.50 bits per heavy atom. The van der Waals surface area contributed by atoms with Gasteiger partial charge in [0.05, 0.1) is 31.5 Å². The molecule has 3 heterocycles. The molecule has 2 aromatic carbocycles. The first-order chi connectivity index (χ1) is 15.5. The highest BCUT2D eigenvalue weighted by atomic mass is 16.7. The molecule has 0 aliphatic carbocycles. The number of amides is 1. The van der Waals surface area contributed by atoms with Crippen molar-refractivity contribution >= 4 is 11.6 Å². The summed E-state index contributed by atoms with van der Waals surface area (Å²) in [4.78, 5) is 15.7. The van der Waals surface area contributed by atoms with E-state index in [1.807, 2.05) is 18.2 Å². The minimum Gasteiger partial charge on any atom is -0.347 e. The van der Waals surface area contributed by atoms with Crippen LogP contribution in [0.3, 0.4) is 0 Å². The lowest BCUT2D eigenvalue weighted by Crippen LogP contribution is -2.48. The highest BCUT2D eigenvalue weighted by Gasteiger charge is 2.41. The van der Waals surface area contributed by atoms with Crippen LogP contribution in [0.4, 0.5) is 0 Å². The van der Waals surface area contributed by atoms with Crippen molar-refractivity contribution < 1.29 is 14.3 Å². The number of hydrazone groups is 1. The summed E-state index contributed by atoms with van der Waals surface area (Å²) in [6, 6.07) is 16.6. The van der Waals surface area contributed by atoms with Gasteiger partial charge in [-0.05, 0) is 30.5 Å². The number of rotatable bonds is 4. The van der Waals surface area contributed by atoms with E-state index >= 15 is 0 Å². The van der Waals surface area contributed by atoms with E-state index < -0.39 is 5.79 Å². The van der Waals surface area contributed by atoms with Crippen LogP contribution in [0.5, 0.6) is 0 Å². The molecule has 5 rings (SSSR count). The van der Waals surface area contributed by atoms with Crippen LogP contribution in [0, 0.1) is 13.8 Å². The molecule has 3 aliphatic rings. The largest absolute Gasteiger partial charge is 0.347 e. The summed E-state index contributed by atoms with van der Waals surface area (Å²) < 4.78 is 11.7. The number of nitrogens with zero attached hydrogens (tertiary/aromatic N) is 3. The lowest BCUT2D eigenvalue weighted by Gasteiger charge is -2.37. The number of likely N-dealkylation sites (tertiary alicyclic amines) is 1. The molecule has 2 aromatic rings. The molecule has 0 saturated carbocycles. The zero-order valence-corrected chi connectivity index (χ0v) is 18.9. The molecule has 6 nitrogen and oxygen atoms in total. The van der Waals surface area contributed by atoms with Gasteiger partial charge in [0.15, 0.2) is 5.79 Å². The van der Waals surface area contributed by atoms with Gasteiger partial charge in [0.1, 0.15) is 0 Å². The molecule has 0 unspecified atom stereocenters. The minimum atomic E-state index is -0.424. The predicted molar refractivity (Wildman–Crippen MR) is 123 cm³/mol. The summed E-state index contributed by atoms with van der Waals surface area (Å²) in [5.74, 6) is -0.376. The predicted octanol–water partition coefficient (Wildman–Crippen LogP) is 3.82. The molecule has 1 amide bonds. The summed E-state index contributed by atoms with van der Waals surface area (Å²) in [6.45, 7) is 7.50. The average molecular weight is 434 g/mol. The van der Waals surface area contributed by atoms with Gasteiger partial charge >= 0.3 is 0 Å². The van der Waals surface area contributed by atoms with Crippen molar-refractivity contribution in [3.8, 4) is 0 Å². The summed E-state index contributed by atoms with van der Waals surface area (Å²) in [6.07, 6.45) is 2.34. The van der Waals surface area contributed by atoms with E-state index in [1.54, 1.807) is 5.01 Å². The summed E-state index contributed by atoms with van der Waals surface area (Å²) in [7, 11) is 0. The van der Waals surface area contributed by atoms with Gasteiger partial charge in [0.25, 0.3) is 5.91 Å². The van der Waals surface area contributed by atoms with E-state index in [0.29, 0.717) is 19.8 Å². The lowest BCUT2D eigenvalue weighted by molar-refractivity contribution is -0.186. The van der Waals surface area contributed by atoms with Crippen molar-refractivity contribution in [2.24, 2.45) is 5.10 Å². The molecule has 32 heavy (non-hydrogen) atoms. The van der Waals surface area contributed by atoms with E-state index in [4.69, 9.17) is 14.6 Å². The molecule has 168 valence electrons. The second kappa shape index (κ2) is 8.77. The third-order valence-electron chi connectivity index (χ3n) is 6.86. The quantitative estimate of drug-likeness (QED) is 0.736. The van der Waals surface area contributed by atoms with E-state index in [-0.39, 0.29) is 11.9 Å². The molecule has 0 aromatic heterocycles. The van der Waals surface area contributed by atoms with Crippen molar-refractivity contribution in [3.05, 3.63) is 70.8 Å². The fourth-order valence-electron chi connectivity index (χ4n) is 5.01. The summed E-state index contributed by atoms with van der Waals surface area (Å²) in [5.41, 5.74) is 5.62. The van der Waals surface area contributed by atoms with E-state index in [9.17, 15) is 4.79 Å². The van der Waals surface area contributed by atoms with Crippen LogP contribution in [0.15, 0.2) is 53.6 Å². The van der Waals surface area contributed by atoms with Crippen LogP contribution < -0.4 is 0 Å². The van der Waals surface area contributed by atoms with Crippen LogP contribution in [-0.2, 0) is 14.3 Å². The Bertz CT molecular complexity index is 1000. The molecule has 2 saturated heterocycles. The van der Waals surface area contributed by atoms with Gasteiger partial charge in [-0.15, -0.1) is 0 Å². The van der Waals surface area contributed by atoms with Gasteiger partial charge in [-0.1, -0.05) is 54.1 Å². The van der Waals surface area contributed by atoms with E-state index in [0.717, 1.165) is 43.6 Å². The normalized spacial score (nSPS) is 23.0. The van der Waals surface area contributed by atoms with Crippen LogP contribution in [0.25, 0.3) is 0 Å². The molecule has 1 atom stereocenters. The summed E-state index contributed by atoms with van der Waals surface area (Å²) >= 11 is 0. The Hall–Kier alpha value is -2.54. The highest BCUT2D eigenvalue weighted by molar-refractivity contribution is 6.03. The smallest absolute Gasteiger partial charge is 0.257 e. The molecular formula is C26H31N3O3. The monoisotopic (exact) mass is 433 g/mol. The summed E-state index contributed by atoms with van der Waals surface area (Å²) in [5, 5.41) is 6.58. The number of benzene rings is 2. The first-order valence-electron chi connectivity index (χ1n) is 11.6. The number of hydrogen-bond acceptors (Lipinski definition) is 5. The second-order valence-electron chi connectivity index (χ2n) is 9.11. The fraction of sp³-hybridized carbons (Fsp3) is 0.462. The van der Waals surface area contributed by atoms with Crippen LogP contribution in [0.1, 0.15) is 47.6 Å². The Kier molecular flexibility index (Phi) is 5.84. The second-order valence-corrected chi connectivity index (χ2v) is 9.11. The first kappa shape index (κ1) is 21.3. The molecular weight excluding hydrogens is 402 g/mol. The molecule has 2 fully saturated rings. The third-order valence-corrected chi connectivity index (χ3v) is 6.86. The molecule has 0 radical (unpaired) electrons. The highest BCUT2D eigenvalue weighted by Crippen LogP contribution is 2.36. The Morgan fingerprint density at radius 2 is 1.78 bits per heavy atom. The molecule has 1 spiro atoms. The van der Waals surface area contributed by atoms with Gasteiger partial charge in [-0.3, -0.25) is 9.69 Å². The van der Waals surface area contributed by atoms with E-state index in [1.165, 1.54) is 16.7 Å². The number of hydrogen-bond donors (Lipinski definition) is 0. The van der Waals surface area contributed by atoms with Crippen LogP contribution in [-0.4, -0.2) is 60.2 Å². The zero-order valence-electron chi connectivity index (χ0n) is 18.9. The Labute approximate surface area is 189 Å². The van der Waals surface area contributed by atoms with Gasteiger partial charge < -0.3 is 9.47 Å². The van der Waals surface area contributed by atoms with Gasteiger partial charge in [-0.25, -0.2) is 5.01 Å². The van der Waals surface area contributed by atoms with Gasteiger partial charge in [-0.2, -0.15) is 5.10 Å². The SMILES string of the molecule is Cc1ccc(C)c([C@H]2CC(c3ccccc3)=NN2C(=O)CN2CCC3(CC2)OCCO3)c1. The van der Waals surface area contributed by atoms with Crippen molar-refractivity contribution in [3.63, 3.8) is 0 Å². The lowest BCUT2D eigenvalue weighted by atomic mass is 9.94.